The molecule has 0 fully saturated rings. The van der Waals surface area contributed by atoms with E-state index in [0.29, 0.717) is 40.1 Å². The highest BCUT2D eigenvalue weighted by atomic mass is 32.2. The van der Waals surface area contributed by atoms with E-state index in [2.05, 4.69) is 44.0 Å². The third kappa shape index (κ3) is 3.55. The Balaban J connectivity index is 1.91. The van der Waals surface area contributed by atoms with Crippen molar-refractivity contribution in [1.29, 1.82) is 5.26 Å². The Morgan fingerprint density at radius 1 is 1.40 bits per heavy atom. The number of nitrogens with zero attached hydrogens (tertiary/aromatic N) is 4. The quantitative estimate of drug-likeness (QED) is 0.687. The second-order valence-corrected chi connectivity index (χ2v) is 11.3. The number of nitriles is 1. The van der Waals surface area contributed by atoms with Crippen LogP contribution in [-0.2, 0) is 4.79 Å². The Labute approximate surface area is 183 Å². The number of hydrogen-bond donors (Lipinski definition) is 1. The minimum absolute atomic E-state index is 0.00851. The number of nitrogens with two attached hydrogens (primary N) is 1. The zero-order valence-corrected chi connectivity index (χ0v) is 18.9. The number of anilines is 1. The van der Waals surface area contributed by atoms with Crippen LogP contribution in [0, 0.1) is 16.7 Å². The Kier molecular flexibility index (Phi) is 5.24. The molecule has 1 unspecified atom stereocenters. The second kappa shape index (κ2) is 7.60. The number of hydrogen-bond acceptors (Lipinski definition) is 9. The molecule has 2 aromatic rings. The molecule has 2 aliphatic rings. The summed E-state index contributed by atoms with van der Waals surface area (Å²) in [4.78, 5) is 15.1. The third-order valence-corrected chi connectivity index (χ3v) is 7.13. The van der Waals surface area contributed by atoms with Gasteiger partial charge in [-0.05, 0) is 24.0 Å². The molecule has 7 nitrogen and oxygen atoms in total. The molecular formula is C21H23N5O2S2. The van der Waals surface area contributed by atoms with Gasteiger partial charge in [0.05, 0.1) is 23.8 Å². The lowest BCUT2D eigenvalue weighted by Crippen LogP contribution is -2.42. The Morgan fingerprint density at radius 3 is 2.80 bits per heavy atom. The van der Waals surface area contributed by atoms with Gasteiger partial charge < -0.3 is 10.2 Å². The Bertz CT molecular complexity index is 1090. The zero-order chi connectivity index (χ0) is 21.6. The van der Waals surface area contributed by atoms with E-state index in [1.165, 1.54) is 11.3 Å². The van der Waals surface area contributed by atoms with E-state index in [-0.39, 0.29) is 17.0 Å². The number of ketones is 1. The van der Waals surface area contributed by atoms with Crippen LogP contribution in [0.3, 0.4) is 0 Å². The largest absolute Gasteiger partial charge is 0.468 e. The van der Waals surface area contributed by atoms with Gasteiger partial charge in [0.25, 0.3) is 0 Å². The van der Waals surface area contributed by atoms with E-state index in [9.17, 15) is 10.1 Å². The summed E-state index contributed by atoms with van der Waals surface area (Å²) < 4.78 is 6.44. The zero-order valence-electron chi connectivity index (χ0n) is 17.3. The van der Waals surface area contributed by atoms with Crippen molar-refractivity contribution in [1.82, 2.24) is 10.2 Å². The van der Waals surface area contributed by atoms with E-state index in [4.69, 9.17) is 10.2 Å². The minimum atomic E-state index is -0.600. The predicted molar refractivity (Wildman–Crippen MR) is 117 cm³/mol. The SMILES string of the molecule is CC(C)Sc1nnc(N2C(N)=C(C#N)C(c3ccco3)C3=C2CC(C)(C)CC3=O)s1. The van der Waals surface area contributed by atoms with Crippen LogP contribution in [0.2, 0.25) is 0 Å². The van der Waals surface area contributed by atoms with Gasteiger partial charge in [0.2, 0.25) is 5.13 Å². The van der Waals surface area contributed by atoms with Gasteiger partial charge in [0, 0.05) is 22.9 Å². The average Bonchev–Trinajstić information content (AvgIpc) is 3.31. The second-order valence-electron chi connectivity index (χ2n) is 8.51. The molecular weight excluding hydrogens is 418 g/mol. The van der Waals surface area contributed by atoms with Gasteiger partial charge in [-0.2, -0.15) is 5.26 Å². The van der Waals surface area contributed by atoms with Crippen molar-refractivity contribution in [3.63, 3.8) is 0 Å². The van der Waals surface area contributed by atoms with Crippen LogP contribution >= 0.6 is 23.1 Å². The van der Waals surface area contributed by atoms with Crippen LogP contribution < -0.4 is 10.6 Å². The fourth-order valence-electron chi connectivity index (χ4n) is 4.01. The summed E-state index contributed by atoms with van der Waals surface area (Å²) in [5.41, 5.74) is 7.96. The molecule has 0 aromatic carbocycles. The monoisotopic (exact) mass is 441 g/mol. The molecule has 0 spiro atoms. The number of carbonyl (C=O) groups excluding carboxylic acids is 1. The number of carbonyl (C=O) groups is 1. The van der Waals surface area contributed by atoms with Crippen LogP contribution in [-0.4, -0.2) is 21.2 Å². The van der Waals surface area contributed by atoms with Gasteiger partial charge in [-0.3, -0.25) is 9.69 Å². The molecule has 30 heavy (non-hydrogen) atoms. The van der Waals surface area contributed by atoms with Crippen molar-refractivity contribution >= 4 is 34.0 Å². The number of aromatic nitrogens is 2. The first-order valence-corrected chi connectivity index (χ1v) is 11.4. The summed E-state index contributed by atoms with van der Waals surface area (Å²) in [6.07, 6.45) is 2.58. The summed E-state index contributed by atoms with van der Waals surface area (Å²) in [6.45, 7) is 8.31. The predicted octanol–water partition coefficient (Wildman–Crippen LogP) is 4.57. The van der Waals surface area contributed by atoms with E-state index in [0.717, 1.165) is 10.0 Å². The van der Waals surface area contributed by atoms with E-state index >= 15 is 0 Å². The van der Waals surface area contributed by atoms with Gasteiger partial charge in [0.15, 0.2) is 10.1 Å². The lowest BCUT2D eigenvalue weighted by Gasteiger charge is -2.42. The number of thioether (sulfide) groups is 1. The molecule has 0 amide bonds. The molecule has 2 aromatic heterocycles. The lowest BCUT2D eigenvalue weighted by atomic mass is 9.69. The number of allylic oxidation sites excluding steroid dienone is 3. The standard InChI is InChI=1S/C21H23N5O2S2/c1-11(2)29-20-25-24-19(30-20)26-13-8-21(3,4)9-14(27)17(13)16(12(10-22)18(26)23)15-6-5-7-28-15/h5-7,11,16H,8-9,23H2,1-4H3. The van der Waals surface area contributed by atoms with E-state index in [1.54, 1.807) is 35.1 Å². The van der Waals surface area contributed by atoms with Gasteiger partial charge in [0.1, 0.15) is 11.6 Å². The molecule has 2 N–H and O–H groups in total. The molecule has 156 valence electrons. The molecule has 9 heteroatoms. The fourth-order valence-corrected chi connectivity index (χ4v) is 6.11. The van der Waals surface area contributed by atoms with Gasteiger partial charge in [-0.1, -0.05) is 50.8 Å². The van der Waals surface area contributed by atoms with Crippen molar-refractivity contribution in [2.45, 2.75) is 56.0 Å². The first-order valence-electron chi connectivity index (χ1n) is 9.71. The van der Waals surface area contributed by atoms with Gasteiger partial charge in [-0.25, -0.2) is 0 Å². The number of furan rings is 1. The van der Waals surface area contributed by atoms with Crippen molar-refractivity contribution in [3.8, 4) is 6.07 Å². The smallest absolute Gasteiger partial charge is 0.219 e. The summed E-state index contributed by atoms with van der Waals surface area (Å²) in [6, 6.07) is 5.76. The highest BCUT2D eigenvalue weighted by molar-refractivity contribution is 8.01. The van der Waals surface area contributed by atoms with Crippen LogP contribution in [0.15, 0.2) is 49.8 Å². The van der Waals surface area contributed by atoms with Gasteiger partial charge >= 0.3 is 0 Å². The highest BCUT2D eigenvalue weighted by Gasteiger charge is 2.46. The average molecular weight is 442 g/mol. The molecule has 0 saturated carbocycles. The Hall–Kier alpha value is -2.57. The van der Waals surface area contributed by atoms with Crippen molar-refractivity contribution < 1.29 is 9.21 Å². The summed E-state index contributed by atoms with van der Waals surface area (Å²) in [7, 11) is 0. The maximum absolute atomic E-state index is 13.3. The minimum Gasteiger partial charge on any atom is -0.468 e. The fraction of sp³-hybridized carbons (Fsp3) is 0.429. The van der Waals surface area contributed by atoms with Crippen molar-refractivity contribution in [3.05, 3.63) is 46.8 Å². The Morgan fingerprint density at radius 2 is 2.17 bits per heavy atom. The van der Waals surface area contributed by atoms with Crippen LogP contribution in [0.4, 0.5) is 5.13 Å². The van der Waals surface area contributed by atoms with Gasteiger partial charge in [-0.15, -0.1) is 10.2 Å². The molecule has 0 saturated heterocycles. The topological polar surface area (TPSA) is 109 Å². The maximum atomic E-state index is 13.3. The van der Waals surface area contributed by atoms with E-state index < -0.39 is 5.92 Å². The maximum Gasteiger partial charge on any atom is 0.219 e. The first-order chi connectivity index (χ1) is 14.2. The molecule has 1 atom stereocenters. The summed E-state index contributed by atoms with van der Waals surface area (Å²) in [5.74, 6) is 0.231. The molecule has 0 bridgehead atoms. The normalized spacial score (nSPS) is 21.3. The molecule has 1 aliphatic carbocycles. The third-order valence-electron chi connectivity index (χ3n) is 5.13. The molecule has 0 radical (unpaired) electrons. The van der Waals surface area contributed by atoms with Crippen LogP contribution in [0.1, 0.15) is 52.2 Å². The molecule has 4 rings (SSSR count). The van der Waals surface area contributed by atoms with Crippen LogP contribution in [0.25, 0.3) is 0 Å². The lowest BCUT2D eigenvalue weighted by molar-refractivity contribution is -0.118. The summed E-state index contributed by atoms with van der Waals surface area (Å²) in [5, 5.41) is 19.5. The van der Waals surface area contributed by atoms with Crippen LogP contribution in [0.5, 0.6) is 0 Å². The van der Waals surface area contributed by atoms with Crippen molar-refractivity contribution in [2.24, 2.45) is 11.1 Å². The number of Topliss-reactive ketones (excluding diaryl/α,β-unsaturated/α-hetero) is 1. The number of rotatable bonds is 4. The van der Waals surface area contributed by atoms with Crippen molar-refractivity contribution in [2.75, 3.05) is 4.90 Å². The first kappa shape index (κ1) is 20.7. The van der Waals surface area contributed by atoms with E-state index in [1.807, 2.05) is 0 Å². The molecule has 1 aliphatic heterocycles. The summed E-state index contributed by atoms with van der Waals surface area (Å²) >= 11 is 3.03. The molecule has 3 heterocycles. The highest BCUT2D eigenvalue weighted by Crippen LogP contribution is 2.50.